The first-order valence-corrected chi connectivity index (χ1v) is 12.2. The highest BCUT2D eigenvalue weighted by molar-refractivity contribution is 7.92. The Morgan fingerprint density at radius 3 is 2.41 bits per heavy atom. The number of hydrogen-bond donors (Lipinski definition) is 1. The molecule has 0 bridgehead atoms. The molecule has 0 saturated heterocycles. The lowest BCUT2D eigenvalue weighted by Gasteiger charge is -2.08. The molecular weight excluding hydrogens is 446 g/mol. The molecule has 0 radical (unpaired) electrons. The molecule has 32 heavy (non-hydrogen) atoms. The summed E-state index contributed by atoms with van der Waals surface area (Å²) in [7, 11) is -2.08. The SMILES string of the molecule is CCn1c(=NC(=O)c2ccc(NS(=O)(=O)c3ccccc3)cc2)sc2cccc(OC)c21. The van der Waals surface area contributed by atoms with Crippen LogP contribution in [0.1, 0.15) is 17.3 Å². The number of rotatable bonds is 6. The fourth-order valence-corrected chi connectivity index (χ4v) is 5.48. The fourth-order valence-electron chi connectivity index (χ4n) is 3.29. The Labute approximate surface area is 189 Å². The number of hydrogen-bond acceptors (Lipinski definition) is 5. The topological polar surface area (TPSA) is 89.8 Å². The molecule has 0 atom stereocenters. The minimum Gasteiger partial charge on any atom is -0.495 e. The van der Waals surface area contributed by atoms with Crippen LogP contribution in [-0.4, -0.2) is 26.0 Å². The normalized spacial score (nSPS) is 12.1. The van der Waals surface area contributed by atoms with Crippen LogP contribution in [-0.2, 0) is 16.6 Å². The van der Waals surface area contributed by atoms with Crippen molar-refractivity contribution in [3.05, 3.63) is 83.2 Å². The molecule has 0 unspecified atom stereocenters. The van der Waals surface area contributed by atoms with Crippen LogP contribution in [0.4, 0.5) is 5.69 Å². The van der Waals surface area contributed by atoms with E-state index < -0.39 is 15.9 Å². The monoisotopic (exact) mass is 467 g/mol. The summed E-state index contributed by atoms with van der Waals surface area (Å²) >= 11 is 1.41. The third-order valence-corrected chi connectivity index (χ3v) is 7.28. The smallest absolute Gasteiger partial charge is 0.279 e. The molecule has 4 aromatic rings. The van der Waals surface area contributed by atoms with E-state index >= 15 is 0 Å². The van der Waals surface area contributed by atoms with E-state index in [9.17, 15) is 13.2 Å². The number of carbonyl (C=O) groups excluding carboxylic acids is 1. The molecule has 4 rings (SSSR count). The third-order valence-electron chi connectivity index (χ3n) is 4.83. The molecular formula is C23H21N3O4S2. The number of carbonyl (C=O) groups is 1. The Kier molecular flexibility index (Phi) is 6.11. The first-order chi connectivity index (χ1) is 15.4. The number of anilines is 1. The highest BCUT2D eigenvalue weighted by Gasteiger charge is 2.15. The van der Waals surface area contributed by atoms with Gasteiger partial charge in [-0.3, -0.25) is 9.52 Å². The Morgan fingerprint density at radius 2 is 1.75 bits per heavy atom. The number of sulfonamides is 1. The number of methoxy groups -OCH3 is 1. The van der Waals surface area contributed by atoms with Gasteiger partial charge in [0, 0.05) is 17.8 Å². The number of benzene rings is 3. The van der Waals surface area contributed by atoms with Crippen LogP contribution in [0.5, 0.6) is 5.75 Å². The maximum absolute atomic E-state index is 12.8. The number of para-hydroxylation sites is 1. The van der Waals surface area contributed by atoms with Gasteiger partial charge >= 0.3 is 0 Å². The van der Waals surface area contributed by atoms with Gasteiger partial charge in [0.05, 0.1) is 16.7 Å². The van der Waals surface area contributed by atoms with Crippen molar-refractivity contribution in [2.45, 2.75) is 18.4 Å². The molecule has 3 aromatic carbocycles. The number of fused-ring (bicyclic) bond motifs is 1. The molecule has 0 saturated carbocycles. The zero-order valence-electron chi connectivity index (χ0n) is 17.5. The maximum Gasteiger partial charge on any atom is 0.279 e. The van der Waals surface area contributed by atoms with Gasteiger partial charge in [-0.15, -0.1) is 0 Å². The number of ether oxygens (including phenoxy) is 1. The lowest BCUT2D eigenvalue weighted by Crippen LogP contribution is -2.16. The van der Waals surface area contributed by atoms with Gasteiger partial charge in [-0.25, -0.2) is 8.42 Å². The van der Waals surface area contributed by atoms with Crippen molar-refractivity contribution in [3.63, 3.8) is 0 Å². The largest absolute Gasteiger partial charge is 0.495 e. The van der Waals surface area contributed by atoms with E-state index in [-0.39, 0.29) is 4.90 Å². The summed E-state index contributed by atoms with van der Waals surface area (Å²) in [6, 6.07) is 20.0. The van der Waals surface area contributed by atoms with Gasteiger partial charge in [0.25, 0.3) is 15.9 Å². The predicted octanol–water partition coefficient (Wildman–Crippen LogP) is 4.27. The molecule has 0 fully saturated rings. The summed E-state index contributed by atoms with van der Waals surface area (Å²) in [5.74, 6) is 0.319. The second-order valence-corrected chi connectivity index (χ2v) is 9.54. The van der Waals surface area contributed by atoms with Crippen LogP contribution in [0.3, 0.4) is 0 Å². The number of nitrogens with zero attached hydrogens (tertiary/aromatic N) is 2. The fraction of sp³-hybridized carbons (Fsp3) is 0.130. The van der Waals surface area contributed by atoms with Crippen molar-refractivity contribution in [1.82, 2.24) is 4.57 Å². The van der Waals surface area contributed by atoms with Crippen molar-refractivity contribution in [2.24, 2.45) is 4.99 Å². The molecule has 0 aliphatic carbocycles. The minimum absolute atomic E-state index is 0.166. The molecule has 0 aliphatic heterocycles. The van der Waals surface area contributed by atoms with Gasteiger partial charge < -0.3 is 9.30 Å². The molecule has 1 amide bonds. The van der Waals surface area contributed by atoms with E-state index in [4.69, 9.17) is 4.74 Å². The van der Waals surface area contributed by atoms with E-state index in [0.29, 0.717) is 22.6 Å². The van der Waals surface area contributed by atoms with E-state index in [0.717, 1.165) is 16.0 Å². The van der Waals surface area contributed by atoms with Crippen LogP contribution in [0.2, 0.25) is 0 Å². The van der Waals surface area contributed by atoms with E-state index in [1.807, 2.05) is 29.7 Å². The summed E-state index contributed by atoms with van der Waals surface area (Å²) in [4.78, 5) is 17.8. The van der Waals surface area contributed by atoms with E-state index in [2.05, 4.69) is 9.71 Å². The van der Waals surface area contributed by atoms with Crippen LogP contribution >= 0.6 is 11.3 Å². The van der Waals surface area contributed by atoms with Crippen molar-refractivity contribution in [2.75, 3.05) is 11.8 Å². The quantitative estimate of drug-likeness (QED) is 0.459. The van der Waals surface area contributed by atoms with Crippen molar-refractivity contribution in [1.29, 1.82) is 0 Å². The first-order valence-electron chi connectivity index (χ1n) is 9.86. The van der Waals surface area contributed by atoms with Crippen molar-refractivity contribution >= 4 is 43.2 Å². The number of aryl methyl sites for hydroxylation is 1. The van der Waals surface area contributed by atoms with Crippen LogP contribution in [0.15, 0.2) is 82.7 Å². The Hall–Kier alpha value is -3.43. The maximum atomic E-state index is 12.8. The second kappa shape index (κ2) is 8.97. The lowest BCUT2D eigenvalue weighted by molar-refractivity contribution is 0.0998. The van der Waals surface area contributed by atoms with E-state index in [1.54, 1.807) is 49.6 Å². The summed E-state index contributed by atoms with van der Waals surface area (Å²) in [6.45, 7) is 2.61. The average molecular weight is 468 g/mol. The summed E-state index contributed by atoms with van der Waals surface area (Å²) in [5.41, 5.74) is 1.63. The van der Waals surface area contributed by atoms with Gasteiger partial charge in [0.15, 0.2) is 4.80 Å². The molecule has 0 aliphatic rings. The molecule has 7 nitrogen and oxygen atoms in total. The molecule has 164 valence electrons. The summed E-state index contributed by atoms with van der Waals surface area (Å²) < 4.78 is 35.8. The van der Waals surface area contributed by atoms with Crippen LogP contribution < -0.4 is 14.3 Å². The Bertz CT molecular complexity index is 1440. The number of aromatic nitrogens is 1. The number of nitrogens with one attached hydrogen (secondary N) is 1. The summed E-state index contributed by atoms with van der Waals surface area (Å²) in [5, 5.41) is 0. The third kappa shape index (κ3) is 4.30. The van der Waals surface area contributed by atoms with Gasteiger partial charge in [0.1, 0.15) is 11.3 Å². The Morgan fingerprint density at radius 1 is 1.03 bits per heavy atom. The zero-order chi connectivity index (χ0) is 22.7. The highest BCUT2D eigenvalue weighted by atomic mass is 32.2. The van der Waals surface area contributed by atoms with Crippen molar-refractivity contribution < 1.29 is 17.9 Å². The van der Waals surface area contributed by atoms with Gasteiger partial charge in [0.2, 0.25) is 0 Å². The second-order valence-electron chi connectivity index (χ2n) is 6.85. The van der Waals surface area contributed by atoms with Gasteiger partial charge in [-0.1, -0.05) is 35.6 Å². The predicted molar refractivity (Wildman–Crippen MR) is 126 cm³/mol. The molecule has 1 aromatic heterocycles. The number of amides is 1. The van der Waals surface area contributed by atoms with E-state index in [1.165, 1.54) is 23.5 Å². The first kappa shape index (κ1) is 21.8. The molecule has 1 heterocycles. The highest BCUT2D eigenvalue weighted by Crippen LogP contribution is 2.27. The Balaban J connectivity index is 1.62. The number of thiazole rings is 1. The van der Waals surface area contributed by atoms with Crippen LogP contribution in [0, 0.1) is 0 Å². The molecule has 1 N–H and O–H groups in total. The lowest BCUT2D eigenvalue weighted by atomic mass is 10.2. The van der Waals surface area contributed by atoms with Crippen molar-refractivity contribution in [3.8, 4) is 5.75 Å². The van der Waals surface area contributed by atoms with Gasteiger partial charge in [-0.2, -0.15) is 4.99 Å². The standard InChI is InChI=1S/C23H21N3O4S2/c1-3-26-21-19(30-2)10-7-11-20(21)31-23(26)24-22(27)16-12-14-17(15-13-16)25-32(28,29)18-8-5-4-6-9-18/h4-15,25H,3H2,1-2H3. The summed E-state index contributed by atoms with van der Waals surface area (Å²) in [6.07, 6.45) is 0. The molecule has 9 heteroatoms. The molecule has 0 spiro atoms. The van der Waals surface area contributed by atoms with Gasteiger partial charge in [-0.05, 0) is 55.5 Å². The average Bonchev–Trinajstić information content (AvgIpc) is 3.17. The van der Waals surface area contributed by atoms with Crippen LogP contribution in [0.25, 0.3) is 10.2 Å². The zero-order valence-corrected chi connectivity index (χ0v) is 19.1. The minimum atomic E-state index is -3.70.